The van der Waals surface area contributed by atoms with Gasteiger partial charge in [-0.15, -0.1) is 0 Å². The van der Waals surface area contributed by atoms with Gasteiger partial charge in [-0.1, -0.05) is 0 Å². The largest absolute Gasteiger partial charge is 0.389 e. The van der Waals surface area contributed by atoms with Gasteiger partial charge >= 0.3 is 0 Å². The number of hydrogen-bond acceptors (Lipinski definition) is 6. The molecule has 1 N–H and O–H groups in total. The van der Waals surface area contributed by atoms with Crippen LogP contribution >= 0.6 is 0 Å². The zero-order chi connectivity index (χ0) is 13.3. The summed E-state index contributed by atoms with van der Waals surface area (Å²) in [7, 11) is 0. The molecule has 0 aromatic rings. The molecule has 2 fully saturated rings. The second kappa shape index (κ2) is 8.84. The molecule has 0 saturated carbocycles. The maximum atomic E-state index is 9.90. The first kappa shape index (κ1) is 15.2. The molecule has 1 atom stereocenters. The fraction of sp³-hybridized carbons (Fsp3) is 1.00. The molecule has 2 rings (SSSR count). The van der Waals surface area contributed by atoms with Gasteiger partial charge in [0.15, 0.2) is 0 Å². The summed E-state index contributed by atoms with van der Waals surface area (Å²) in [6.45, 7) is 9.67. The summed E-state index contributed by atoms with van der Waals surface area (Å²) >= 11 is 0. The van der Waals surface area contributed by atoms with E-state index in [4.69, 9.17) is 14.2 Å². The zero-order valence-electron chi connectivity index (χ0n) is 11.6. The highest BCUT2D eigenvalue weighted by atomic mass is 16.5. The summed E-state index contributed by atoms with van der Waals surface area (Å²) < 4.78 is 16.1. The molecule has 0 spiro atoms. The molecule has 0 bridgehead atoms. The second-order valence-corrected chi connectivity index (χ2v) is 5.10. The summed E-state index contributed by atoms with van der Waals surface area (Å²) in [5, 5.41) is 9.90. The number of hydrogen-bond donors (Lipinski definition) is 1. The minimum atomic E-state index is -0.400. The van der Waals surface area contributed by atoms with Crippen LogP contribution in [-0.2, 0) is 14.2 Å². The van der Waals surface area contributed by atoms with Crippen molar-refractivity contribution >= 4 is 0 Å². The Morgan fingerprint density at radius 1 is 0.947 bits per heavy atom. The Morgan fingerprint density at radius 3 is 2.16 bits per heavy atom. The third-order valence-corrected chi connectivity index (χ3v) is 3.54. The van der Waals surface area contributed by atoms with E-state index in [1.165, 1.54) is 0 Å². The molecule has 0 aromatic carbocycles. The van der Waals surface area contributed by atoms with E-state index in [-0.39, 0.29) is 0 Å². The summed E-state index contributed by atoms with van der Waals surface area (Å²) in [4.78, 5) is 4.55. The highest BCUT2D eigenvalue weighted by Crippen LogP contribution is 2.00. The van der Waals surface area contributed by atoms with Crippen molar-refractivity contribution in [1.29, 1.82) is 0 Å². The highest BCUT2D eigenvalue weighted by Gasteiger charge is 2.15. The van der Waals surface area contributed by atoms with Crippen molar-refractivity contribution in [3.05, 3.63) is 0 Å². The van der Waals surface area contributed by atoms with Crippen molar-refractivity contribution in [3.63, 3.8) is 0 Å². The van der Waals surface area contributed by atoms with E-state index in [0.29, 0.717) is 19.8 Å². The maximum Gasteiger partial charge on any atom is 0.0900 e. The van der Waals surface area contributed by atoms with Crippen LogP contribution in [0.3, 0.4) is 0 Å². The minimum absolute atomic E-state index is 0.400. The predicted molar refractivity (Wildman–Crippen MR) is 71.3 cm³/mol. The Bertz CT molecular complexity index is 231. The normalized spacial score (nSPS) is 24.5. The van der Waals surface area contributed by atoms with E-state index >= 15 is 0 Å². The van der Waals surface area contributed by atoms with Crippen molar-refractivity contribution in [1.82, 2.24) is 9.80 Å². The van der Waals surface area contributed by atoms with Crippen LogP contribution in [0.2, 0.25) is 0 Å². The van der Waals surface area contributed by atoms with Crippen molar-refractivity contribution in [2.75, 3.05) is 78.9 Å². The lowest BCUT2D eigenvalue weighted by atomic mass is 10.3. The van der Waals surface area contributed by atoms with Gasteiger partial charge in [-0.3, -0.25) is 9.80 Å². The molecule has 0 aliphatic carbocycles. The molecule has 6 heteroatoms. The number of rotatable bonds is 7. The zero-order valence-corrected chi connectivity index (χ0v) is 11.6. The van der Waals surface area contributed by atoms with Gasteiger partial charge in [0, 0.05) is 39.3 Å². The molecular formula is C13H26N2O4. The van der Waals surface area contributed by atoms with Gasteiger partial charge in [-0.2, -0.15) is 0 Å². The molecular weight excluding hydrogens is 248 g/mol. The number of morpholine rings is 2. The van der Waals surface area contributed by atoms with Crippen LogP contribution in [0.25, 0.3) is 0 Å². The molecule has 0 radical (unpaired) electrons. The van der Waals surface area contributed by atoms with Crippen molar-refractivity contribution in [2.24, 2.45) is 0 Å². The number of nitrogens with zero attached hydrogens (tertiary/aromatic N) is 2. The van der Waals surface area contributed by atoms with Gasteiger partial charge in [0.05, 0.1) is 45.7 Å². The average molecular weight is 274 g/mol. The van der Waals surface area contributed by atoms with Crippen LogP contribution in [0.15, 0.2) is 0 Å². The molecule has 6 nitrogen and oxygen atoms in total. The molecule has 2 heterocycles. The molecule has 112 valence electrons. The van der Waals surface area contributed by atoms with Gasteiger partial charge in [0.2, 0.25) is 0 Å². The van der Waals surface area contributed by atoms with Crippen LogP contribution in [0, 0.1) is 0 Å². The first-order chi connectivity index (χ1) is 9.34. The third kappa shape index (κ3) is 6.16. The van der Waals surface area contributed by atoms with Gasteiger partial charge < -0.3 is 19.3 Å². The Morgan fingerprint density at radius 2 is 1.53 bits per heavy atom. The van der Waals surface area contributed by atoms with Crippen molar-refractivity contribution in [3.8, 4) is 0 Å². The predicted octanol–water partition coefficient (Wildman–Crippen LogP) is -0.972. The van der Waals surface area contributed by atoms with Gasteiger partial charge in [0.1, 0.15) is 0 Å². The number of ether oxygens (including phenoxy) is 3. The lowest BCUT2D eigenvalue weighted by molar-refractivity contribution is -0.0230. The Labute approximate surface area is 115 Å². The molecule has 2 aliphatic rings. The van der Waals surface area contributed by atoms with Crippen LogP contribution in [-0.4, -0.2) is 99.9 Å². The maximum absolute atomic E-state index is 9.90. The second-order valence-electron chi connectivity index (χ2n) is 5.10. The van der Waals surface area contributed by atoms with Crippen LogP contribution in [0.1, 0.15) is 0 Å². The molecule has 2 saturated heterocycles. The minimum Gasteiger partial charge on any atom is -0.389 e. The third-order valence-electron chi connectivity index (χ3n) is 3.54. The number of β-amino-alcohol motifs (C(OH)–C–C–N with tert-alkyl or cyclic N) is 1. The Hall–Kier alpha value is -0.240. The first-order valence-corrected chi connectivity index (χ1v) is 7.20. The topological polar surface area (TPSA) is 54.4 Å². The lowest BCUT2D eigenvalue weighted by Gasteiger charge is -2.29. The SMILES string of the molecule is O[C@H](COCCN1CCOCC1)CN1CCOCC1. The molecule has 2 aliphatic heterocycles. The average Bonchev–Trinajstić information content (AvgIpc) is 2.46. The van der Waals surface area contributed by atoms with Crippen molar-refractivity contribution < 1.29 is 19.3 Å². The summed E-state index contributed by atoms with van der Waals surface area (Å²) in [6, 6.07) is 0. The fourth-order valence-corrected chi connectivity index (χ4v) is 2.37. The van der Waals surface area contributed by atoms with Gasteiger partial charge in [-0.25, -0.2) is 0 Å². The molecule has 0 unspecified atom stereocenters. The molecule has 0 aromatic heterocycles. The highest BCUT2D eigenvalue weighted by molar-refractivity contribution is 4.67. The van der Waals surface area contributed by atoms with E-state index in [1.807, 2.05) is 0 Å². The van der Waals surface area contributed by atoms with E-state index in [0.717, 1.165) is 59.2 Å². The van der Waals surface area contributed by atoms with E-state index in [1.54, 1.807) is 0 Å². The summed E-state index contributed by atoms with van der Waals surface area (Å²) in [5.74, 6) is 0. The summed E-state index contributed by atoms with van der Waals surface area (Å²) in [5.41, 5.74) is 0. The van der Waals surface area contributed by atoms with E-state index < -0.39 is 6.10 Å². The first-order valence-electron chi connectivity index (χ1n) is 7.20. The monoisotopic (exact) mass is 274 g/mol. The van der Waals surface area contributed by atoms with Gasteiger partial charge in [-0.05, 0) is 0 Å². The van der Waals surface area contributed by atoms with E-state index in [2.05, 4.69) is 9.80 Å². The Balaban J connectivity index is 1.47. The number of aliphatic hydroxyl groups is 1. The van der Waals surface area contributed by atoms with Crippen LogP contribution in [0.4, 0.5) is 0 Å². The van der Waals surface area contributed by atoms with Crippen LogP contribution < -0.4 is 0 Å². The molecule has 19 heavy (non-hydrogen) atoms. The fourth-order valence-electron chi connectivity index (χ4n) is 2.37. The summed E-state index contributed by atoms with van der Waals surface area (Å²) in [6.07, 6.45) is -0.400. The smallest absolute Gasteiger partial charge is 0.0900 e. The van der Waals surface area contributed by atoms with Gasteiger partial charge in [0.25, 0.3) is 0 Å². The number of aliphatic hydroxyl groups excluding tert-OH is 1. The lowest BCUT2D eigenvalue weighted by Crippen LogP contribution is -2.42. The Kier molecular flexibility index (Phi) is 7.05. The quantitative estimate of drug-likeness (QED) is 0.603. The molecule has 0 amide bonds. The van der Waals surface area contributed by atoms with Crippen LogP contribution in [0.5, 0.6) is 0 Å². The van der Waals surface area contributed by atoms with Crippen molar-refractivity contribution in [2.45, 2.75) is 6.10 Å². The standard InChI is InChI=1S/C13H26N2O4/c16-13(11-15-4-8-18-9-5-15)12-19-10-3-14-1-6-17-7-2-14/h13,16H,1-12H2/t13-/m0/s1. The van der Waals surface area contributed by atoms with E-state index in [9.17, 15) is 5.11 Å².